The van der Waals surface area contributed by atoms with Crippen LogP contribution >= 0.6 is 11.6 Å². The number of hydrogen-bond acceptors (Lipinski definition) is 3. The Kier molecular flexibility index (Phi) is 6.06. The molecule has 5 nitrogen and oxygen atoms in total. The number of carbonyl (C=O) groups is 1. The lowest BCUT2D eigenvalue weighted by Crippen LogP contribution is -2.45. The van der Waals surface area contributed by atoms with Crippen LogP contribution in [0.25, 0.3) is 0 Å². The largest absolute Gasteiger partial charge is 0.416 e. The van der Waals surface area contributed by atoms with Crippen molar-refractivity contribution in [2.75, 3.05) is 15.9 Å². The number of carbonyl (C=O) groups excluding carboxylic acids is 1. The molecule has 0 saturated carbocycles. The van der Waals surface area contributed by atoms with E-state index in [-0.39, 0.29) is 16.4 Å². The number of hydrogen-bond donors (Lipinski definition) is 1. The van der Waals surface area contributed by atoms with Crippen LogP contribution in [-0.4, -0.2) is 26.6 Å². The van der Waals surface area contributed by atoms with Crippen LogP contribution in [0, 0.1) is 0 Å². The fourth-order valence-corrected chi connectivity index (χ4v) is 3.76. The van der Waals surface area contributed by atoms with E-state index in [1.165, 1.54) is 25.1 Å². The van der Waals surface area contributed by atoms with E-state index in [9.17, 15) is 26.4 Å². The maximum absolute atomic E-state index is 12.6. The van der Waals surface area contributed by atoms with Crippen LogP contribution < -0.4 is 9.62 Å². The van der Waals surface area contributed by atoms with Gasteiger partial charge in [-0.15, -0.1) is 0 Å². The van der Waals surface area contributed by atoms with Gasteiger partial charge in [-0.05, 0) is 49.4 Å². The fourth-order valence-electron chi connectivity index (χ4n) is 2.41. The summed E-state index contributed by atoms with van der Waals surface area (Å²) in [6, 6.07) is 8.64. The van der Waals surface area contributed by atoms with E-state index in [1.54, 1.807) is 6.07 Å². The van der Waals surface area contributed by atoms with Crippen LogP contribution in [0.1, 0.15) is 12.5 Å². The number of amides is 1. The normalized spacial score (nSPS) is 13.1. The van der Waals surface area contributed by atoms with Crippen LogP contribution in [0.15, 0.2) is 48.5 Å². The van der Waals surface area contributed by atoms with Crippen molar-refractivity contribution in [2.45, 2.75) is 19.1 Å². The van der Waals surface area contributed by atoms with Gasteiger partial charge in [-0.2, -0.15) is 13.2 Å². The Bertz CT molecular complexity index is 931. The van der Waals surface area contributed by atoms with Gasteiger partial charge in [0.05, 0.1) is 17.5 Å². The minimum Gasteiger partial charge on any atom is -0.324 e. The molecule has 0 heterocycles. The van der Waals surface area contributed by atoms with Gasteiger partial charge in [0.2, 0.25) is 15.9 Å². The first-order chi connectivity index (χ1) is 12.4. The number of rotatable bonds is 5. The second-order valence-corrected chi connectivity index (χ2v) is 8.07. The second-order valence-electron chi connectivity index (χ2n) is 5.78. The second kappa shape index (κ2) is 7.77. The summed E-state index contributed by atoms with van der Waals surface area (Å²) in [4.78, 5) is 12.5. The van der Waals surface area contributed by atoms with Crippen molar-refractivity contribution in [3.8, 4) is 0 Å². The fraction of sp³-hybridized carbons (Fsp3) is 0.235. The number of nitrogens with one attached hydrogen (secondary N) is 1. The van der Waals surface area contributed by atoms with Gasteiger partial charge in [0.1, 0.15) is 6.04 Å². The molecule has 10 heteroatoms. The molecule has 0 unspecified atom stereocenters. The summed E-state index contributed by atoms with van der Waals surface area (Å²) < 4.78 is 63.0. The maximum atomic E-state index is 12.6. The molecule has 2 rings (SSSR count). The number of alkyl halides is 3. The third-order valence-corrected chi connectivity index (χ3v) is 5.11. The first-order valence-electron chi connectivity index (χ1n) is 7.62. The van der Waals surface area contributed by atoms with Crippen molar-refractivity contribution in [1.82, 2.24) is 0 Å². The van der Waals surface area contributed by atoms with E-state index < -0.39 is 33.7 Å². The summed E-state index contributed by atoms with van der Waals surface area (Å²) in [5.74, 6) is -0.708. The van der Waals surface area contributed by atoms with Gasteiger partial charge in [0, 0.05) is 10.7 Å². The lowest BCUT2D eigenvalue weighted by Gasteiger charge is -2.28. The Labute approximate surface area is 159 Å². The van der Waals surface area contributed by atoms with Crippen molar-refractivity contribution in [1.29, 1.82) is 0 Å². The van der Waals surface area contributed by atoms with Gasteiger partial charge in [0.15, 0.2) is 0 Å². The molecule has 0 radical (unpaired) electrons. The minimum absolute atomic E-state index is 0.111. The molecule has 0 spiro atoms. The Hall–Kier alpha value is -2.26. The van der Waals surface area contributed by atoms with Crippen molar-refractivity contribution < 1.29 is 26.4 Å². The van der Waals surface area contributed by atoms with E-state index in [4.69, 9.17) is 11.6 Å². The van der Waals surface area contributed by atoms with Gasteiger partial charge < -0.3 is 5.32 Å². The number of halogens is 4. The zero-order valence-electron chi connectivity index (χ0n) is 14.3. The zero-order chi connectivity index (χ0) is 20.4. The molecule has 0 saturated heterocycles. The molecule has 27 heavy (non-hydrogen) atoms. The van der Waals surface area contributed by atoms with Gasteiger partial charge in [0.25, 0.3) is 0 Å². The average Bonchev–Trinajstić information content (AvgIpc) is 2.53. The lowest BCUT2D eigenvalue weighted by atomic mass is 10.2. The van der Waals surface area contributed by atoms with E-state index in [1.807, 2.05) is 0 Å². The predicted molar refractivity (Wildman–Crippen MR) is 98.3 cm³/mol. The molecule has 2 aromatic rings. The van der Waals surface area contributed by atoms with Crippen molar-refractivity contribution in [2.24, 2.45) is 0 Å². The molecule has 1 atom stereocenters. The van der Waals surface area contributed by atoms with Crippen molar-refractivity contribution in [3.05, 3.63) is 59.1 Å². The monoisotopic (exact) mass is 420 g/mol. The minimum atomic E-state index is -4.49. The molecule has 1 amide bonds. The van der Waals surface area contributed by atoms with Crippen LogP contribution in [0.4, 0.5) is 24.5 Å². The van der Waals surface area contributed by atoms with Crippen LogP contribution in [0.2, 0.25) is 5.02 Å². The zero-order valence-corrected chi connectivity index (χ0v) is 15.9. The Balaban J connectivity index is 2.25. The molecule has 2 aromatic carbocycles. The van der Waals surface area contributed by atoms with Crippen LogP contribution in [0.3, 0.4) is 0 Å². The molecular formula is C17H16ClF3N2O3S. The summed E-state index contributed by atoms with van der Waals surface area (Å²) in [6.45, 7) is 1.36. The summed E-state index contributed by atoms with van der Waals surface area (Å²) in [6.07, 6.45) is -3.55. The third kappa shape index (κ3) is 5.36. The molecule has 0 aliphatic carbocycles. The first-order valence-corrected chi connectivity index (χ1v) is 9.85. The van der Waals surface area contributed by atoms with Gasteiger partial charge in [-0.25, -0.2) is 8.42 Å². The standard InChI is InChI=1S/C17H16ClF3N2O3S/c1-11(23(27(2,25)26)15-5-3-4-13(18)10-15)16(24)22-14-8-6-12(7-9-14)17(19,20)21/h3-11H,1-2H3,(H,22,24)/t11-/m1/s1. The van der Waals surface area contributed by atoms with E-state index in [0.29, 0.717) is 0 Å². The highest BCUT2D eigenvalue weighted by Gasteiger charge is 2.31. The average molecular weight is 421 g/mol. The quantitative estimate of drug-likeness (QED) is 0.790. The Morgan fingerprint density at radius 2 is 1.74 bits per heavy atom. The number of anilines is 2. The molecule has 0 aromatic heterocycles. The topological polar surface area (TPSA) is 66.5 Å². The molecule has 0 bridgehead atoms. The van der Waals surface area contributed by atoms with Gasteiger partial charge in [-0.3, -0.25) is 9.10 Å². The molecule has 146 valence electrons. The van der Waals surface area contributed by atoms with Gasteiger partial charge in [-0.1, -0.05) is 17.7 Å². The summed E-state index contributed by atoms with van der Waals surface area (Å²) in [7, 11) is -3.83. The summed E-state index contributed by atoms with van der Waals surface area (Å²) in [5, 5.41) is 2.70. The van der Waals surface area contributed by atoms with E-state index in [0.717, 1.165) is 34.8 Å². The number of nitrogens with zero attached hydrogens (tertiary/aromatic N) is 1. The Morgan fingerprint density at radius 1 is 1.15 bits per heavy atom. The van der Waals surface area contributed by atoms with E-state index >= 15 is 0 Å². The lowest BCUT2D eigenvalue weighted by molar-refractivity contribution is -0.137. The number of benzene rings is 2. The SMILES string of the molecule is C[C@H](C(=O)Nc1ccc(C(F)(F)F)cc1)N(c1cccc(Cl)c1)S(C)(=O)=O. The smallest absolute Gasteiger partial charge is 0.324 e. The highest BCUT2D eigenvalue weighted by molar-refractivity contribution is 7.92. The van der Waals surface area contributed by atoms with Crippen molar-refractivity contribution >= 4 is 38.9 Å². The van der Waals surface area contributed by atoms with Crippen LogP contribution in [0.5, 0.6) is 0 Å². The Morgan fingerprint density at radius 3 is 2.22 bits per heavy atom. The number of sulfonamides is 1. The van der Waals surface area contributed by atoms with Crippen LogP contribution in [-0.2, 0) is 21.0 Å². The van der Waals surface area contributed by atoms with Gasteiger partial charge >= 0.3 is 6.18 Å². The molecule has 0 aliphatic heterocycles. The molecule has 0 aliphatic rings. The highest BCUT2D eigenvalue weighted by atomic mass is 35.5. The summed E-state index contributed by atoms with van der Waals surface area (Å²) >= 11 is 5.89. The maximum Gasteiger partial charge on any atom is 0.416 e. The van der Waals surface area contributed by atoms with Crippen molar-refractivity contribution in [3.63, 3.8) is 0 Å². The predicted octanol–water partition coefficient (Wildman–Crippen LogP) is 4.15. The molecule has 0 fully saturated rings. The van der Waals surface area contributed by atoms with E-state index in [2.05, 4.69) is 5.32 Å². The highest BCUT2D eigenvalue weighted by Crippen LogP contribution is 2.30. The molecule has 1 N–H and O–H groups in total. The summed E-state index contributed by atoms with van der Waals surface area (Å²) in [5.41, 5.74) is -0.551. The first kappa shape index (κ1) is 21.0. The molecular weight excluding hydrogens is 405 g/mol. The third-order valence-electron chi connectivity index (χ3n) is 3.63.